The SMILES string of the molecule is O=C(NC1(c2ccccc2F)CCCC1)C1C2CC3CC(C2)CC1C3. The van der Waals surface area contributed by atoms with Crippen molar-refractivity contribution in [2.24, 2.45) is 29.6 Å². The fourth-order valence-corrected chi connectivity index (χ4v) is 6.96. The van der Waals surface area contributed by atoms with Crippen LogP contribution in [0.2, 0.25) is 0 Å². The zero-order chi connectivity index (χ0) is 17.0. The highest BCUT2D eigenvalue weighted by molar-refractivity contribution is 5.80. The minimum absolute atomic E-state index is 0.171. The second kappa shape index (κ2) is 5.82. The molecule has 5 fully saturated rings. The van der Waals surface area contributed by atoms with Gasteiger partial charge in [-0.05, 0) is 74.7 Å². The maximum absolute atomic E-state index is 14.5. The molecule has 5 aliphatic carbocycles. The van der Waals surface area contributed by atoms with Crippen molar-refractivity contribution in [3.8, 4) is 0 Å². The van der Waals surface area contributed by atoms with Crippen LogP contribution < -0.4 is 5.32 Å². The van der Waals surface area contributed by atoms with E-state index in [-0.39, 0.29) is 17.6 Å². The molecule has 3 heteroatoms. The summed E-state index contributed by atoms with van der Waals surface area (Å²) in [6, 6.07) is 7.04. The Kier molecular flexibility index (Phi) is 3.69. The average molecular weight is 341 g/mol. The van der Waals surface area contributed by atoms with Crippen LogP contribution in [0, 0.1) is 35.4 Å². The molecule has 0 aromatic heterocycles. The van der Waals surface area contributed by atoms with Crippen LogP contribution in [0.25, 0.3) is 0 Å². The zero-order valence-electron chi connectivity index (χ0n) is 14.8. The molecule has 25 heavy (non-hydrogen) atoms. The summed E-state index contributed by atoms with van der Waals surface area (Å²) >= 11 is 0. The molecule has 0 unspecified atom stereocenters. The predicted octanol–water partition coefficient (Wildman–Crippen LogP) is 4.78. The monoisotopic (exact) mass is 341 g/mol. The Balaban J connectivity index is 1.41. The Morgan fingerprint density at radius 1 is 0.960 bits per heavy atom. The van der Waals surface area contributed by atoms with E-state index in [9.17, 15) is 9.18 Å². The van der Waals surface area contributed by atoms with E-state index in [0.717, 1.165) is 37.5 Å². The number of carbonyl (C=O) groups excluding carboxylic acids is 1. The molecule has 134 valence electrons. The first kappa shape index (κ1) is 15.8. The topological polar surface area (TPSA) is 29.1 Å². The quantitative estimate of drug-likeness (QED) is 0.842. The molecule has 0 spiro atoms. The summed E-state index contributed by atoms with van der Waals surface area (Å²) in [4.78, 5) is 13.3. The van der Waals surface area contributed by atoms with Gasteiger partial charge in [0.15, 0.2) is 0 Å². The fourth-order valence-electron chi connectivity index (χ4n) is 6.96. The standard InChI is InChI=1S/C22H28FNO/c23-19-6-2-1-5-18(19)22(7-3-4-8-22)24-21(25)20-16-10-14-9-15(12-16)13-17(20)11-14/h1-2,5-6,14-17,20H,3-4,7-13H2,(H,24,25). The lowest BCUT2D eigenvalue weighted by molar-refractivity contribution is -0.140. The number of hydrogen-bond donors (Lipinski definition) is 1. The van der Waals surface area contributed by atoms with Crippen LogP contribution in [0.5, 0.6) is 0 Å². The maximum atomic E-state index is 14.5. The number of halogens is 1. The first-order valence-corrected chi connectivity index (χ1v) is 10.2. The molecule has 1 aromatic carbocycles. The van der Waals surface area contributed by atoms with Crippen molar-refractivity contribution >= 4 is 5.91 Å². The number of benzene rings is 1. The summed E-state index contributed by atoms with van der Waals surface area (Å²) in [6.07, 6.45) is 10.3. The van der Waals surface area contributed by atoms with Gasteiger partial charge in [0.25, 0.3) is 0 Å². The van der Waals surface area contributed by atoms with E-state index in [0.29, 0.717) is 17.4 Å². The molecule has 0 heterocycles. The Labute approximate surface area is 149 Å². The lowest BCUT2D eigenvalue weighted by Crippen LogP contribution is -2.54. The van der Waals surface area contributed by atoms with Crippen LogP contribution >= 0.6 is 0 Å². The van der Waals surface area contributed by atoms with E-state index >= 15 is 0 Å². The number of carbonyl (C=O) groups is 1. The van der Waals surface area contributed by atoms with Crippen molar-refractivity contribution in [2.45, 2.75) is 63.3 Å². The molecular formula is C22H28FNO. The van der Waals surface area contributed by atoms with Gasteiger partial charge in [-0.15, -0.1) is 0 Å². The van der Waals surface area contributed by atoms with Gasteiger partial charge in [0.05, 0.1) is 5.54 Å². The largest absolute Gasteiger partial charge is 0.346 e. The van der Waals surface area contributed by atoms with E-state index in [1.165, 1.54) is 38.2 Å². The minimum Gasteiger partial charge on any atom is -0.346 e. The van der Waals surface area contributed by atoms with Crippen molar-refractivity contribution in [1.29, 1.82) is 0 Å². The Morgan fingerprint density at radius 2 is 1.56 bits per heavy atom. The molecule has 0 aliphatic heterocycles. The highest BCUT2D eigenvalue weighted by atomic mass is 19.1. The van der Waals surface area contributed by atoms with Gasteiger partial charge in [-0.2, -0.15) is 0 Å². The smallest absolute Gasteiger partial charge is 0.224 e. The lowest BCUT2D eigenvalue weighted by atomic mass is 9.51. The van der Waals surface area contributed by atoms with E-state index < -0.39 is 5.54 Å². The second-order valence-electron chi connectivity index (χ2n) is 9.21. The molecular weight excluding hydrogens is 313 g/mol. The number of amides is 1. The summed E-state index contributed by atoms with van der Waals surface area (Å²) in [5.74, 6) is 3.13. The summed E-state index contributed by atoms with van der Waals surface area (Å²) in [7, 11) is 0. The first-order chi connectivity index (χ1) is 12.1. The van der Waals surface area contributed by atoms with Gasteiger partial charge < -0.3 is 5.32 Å². The second-order valence-corrected chi connectivity index (χ2v) is 9.21. The molecule has 0 radical (unpaired) electrons. The molecule has 6 rings (SSSR count). The van der Waals surface area contributed by atoms with Crippen LogP contribution in [0.3, 0.4) is 0 Å². The normalized spacial score (nSPS) is 38.0. The van der Waals surface area contributed by atoms with E-state index in [2.05, 4.69) is 5.32 Å². The third kappa shape index (κ3) is 2.53. The predicted molar refractivity (Wildman–Crippen MR) is 95.2 cm³/mol. The van der Waals surface area contributed by atoms with Crippen molar-refractivity contribution in [2.75, 3.05) is 0 Å². The van der Waals surface area contributed by atoms with Gasteiger partial charge >= 0.3 is 0 Å². The van der Waals surface area contributed by atoms with E-state index in [1.807, 2.05) is 12.1 Å². The highest BCUT2D eigenvalue weighted by Gasteiger charge is 2.52. The molecule has 1 N–H and O–H groups in total. The van der Waals surface area contributed by atoms with Crippen LogP contribution in [-0.2, 0) is 10.3 Å². The lowest BCUT2D eigenvalue weighted by Gasteiger charge is -2.54. The van der Waals surface area contributed by atoms with Gasteiger partial charge in [-0.1, -0.05) is 31.0 Å². The van der Waals surface area contributed by atoms with Gasteiger partial charge in [0, 0.05) is 11.5 Å². The summed E-state index contributed by atoms with van der Waals surface area (Å²) in [5, 5.41) is 3.40. The Bertz CT molecular complexity index is 650. The summed E-state index contributed by atoms with van der Waals surface area (Å²) < 4.78 is 14.5. The Hall–Kier alpha value is -1.38. The fraction of sp³-hybridized carbons (Fsp3) is 0.682. The van der Waals surface area contributed by atoms with Crippen molar-refractivity contribution in [3.05, 3.63) is 35.6 Å². The number of nitrogens with one attached hydrogen (secondary N) is 1. The zero-order valence-corrected chi connectivity index (χ0v) is 14.8. The minimum atomic E-state index is -0.475. The number of hydrogen-bond acceptors (Lipinski definition) is 1. The van der Waals surface area contributed by atoms with Gasteiger partial charge in [-0.25, -0.2) is 4.39 Å². The third-order valence-corrected chi connectivity index (χ3v) is 7.74. The molecule has 5 aliphatic rings. The molecule has 0 atom stereocenters. The van der Waals surface area contributed by atoms with Crippen LogP contribution in [0.4, 0.5) is 4.39 Å². The van der Waals surface area contributed by atoms with Crippen LogP contribution in [0.1, 0.15) is 63.4 Å². The molecule has 1 amide bonds. The van der Waals surface area contributed by atoms with Gasteiger partial charge in [-0.3, -0.25) is 4.79 Å². The average Bonchev–Trinajstić information content (AvgIpc) is 3.03. The molecule has 0 saturated heterocycles. The van der Waals surface area contributed by atoms with Gasteiger partial charge in [0.2, 0.25) is 5.91 Å². The molecule has 4 bridgehead atoms. The molecule has 1 aromatic rings. The van der Waals surface area contributed by atoms with E-state index in [4.69, 9.17) is 0 Å². The first-order valence-electron chi connectivity index (χ1n) is 10.2. The number of rotatable bonds is 3. The third-order valence-electron chi connectivity index (χ3n) is 7.74. The maximum Gasteiger partial charge on any atom is 0.224 e. The Morgan fingerprint density at radius 3 is 2.16 bits per heavy atom. The molecule has 5 saturated carbocycles. The summed E-state index contributed by atoms with van der Waals surface area (Å²) in [5.41, 5.74) is 0.224. The van der Waals surface area contributed by atoms with Crippen molar-refractivity contribution < 1.29 is 9.18 Å². The van der Waals surface area contributed by atoms with Crippen molar-refractivity contribution in [3.63, 3.8) is 0 Å². The van der Waals surface area contributed by atoms with Gasteiger partial charge in [0.1, 0.15) is 5.82 Å². The summed E-state index contributed by atoms with van der Waals surface area (Å²) in [6.45, 7) is 0. The van der Waals surface area contributed by atoms with Crippen molar-refractivity contribution in [1.82, 2.24) is 5.32 Å². The van der Waals surface area contributed by atoms with Crippen LogP contribution in [-0.4, -0.2) is 5.91 Å². The van der Waals surface area contributed by atoms with E-state index in [1.54, 1.807) is 6.07 Å². The van der Waals surface area contributed by atoms with Crippen LogP contribution in [0.15, 0.2) is 24.3 Å². The molecule has 2 nitrogen and oxygen atoms in total. The highest BCUT2D eigenvalue weighted by Crippen LogP contribution is 2.56.